The van der Waals surface area contributed by atoms with Crippen LogP contribution in [0.15, 0.2) is 43.0 Å². The highest BCUT2D eigenvalue weighted by atomic mass is 19.1. The molecule has 0 unspecified atom stereocenters. The van der Waals surface area contributed by atoms with Crippen molar-refractivity contribution in [2.75, 3.05) is 0 Å². The van der Waals surface area contributed by atoms with Crippen molar-refractivity contribution in [3.63, 3.8) is 0 Å². The average molecular weight is 231 g/mol. The SMILES string of the molecule is Fc1ccc(F)c(-c2cn3ccncc3n2)c1. The second-order valence-corrected chi connectivity index (χ2v) is 3.59. The third-order valence-corrected chi connectivity index (χ3v) is 2.47. The van der Waals surface area contributed by atoms with Gasteiger partial charge in [0.15, 0.2) is 5.65 Å². The Bertz CT molecular complexity index is 658. The molecule has 0 spiro atoms. The fourth-order valence-electron chi connectivity index (χ4n) is 1.67. The molecule has 17 heavy (non-hydrogen) atoms. The quantitative estimate of drug-likeness (QED) is 0.644. The first-order chi connectivity index (χ1) is 8.24. The highest BCUT2D eigenvalue weighted by Gasteiger charge is 2.10. The number of fused-ring (bicyclic) bond motifs is 1. The predicted molar refractivity (Wildman–Crippen MR) is 58.3 cm³/mol. The lowest BCUT2D eigenvalue weighted by Gasteiger charge is -1.98. The minimum atomic E-state index is -0.497. The molecule has 5 heteroatoms. The van der Waals surface area contributed by atoms with Gasteiger partial charge in [0, 0.05) is 24.2 Å². The van der Waals surface area contributed by atoms with E-state index in [9.17, 15) is 8.78 Å². The van der Waals surface area contributed by atoms with Gasteiger partial charge in [0.2, 0.25) is 0 Å². The number of rotatable bonds is 1. The van der Waals surface area contributed by atoms with Crippen molar-refractivity contribution in [3.8, 4) is 11.3 Å². The van der Waals surface area contributed by atoms with Crippen LogP contribution in [0, 0.1) is 11.6 Å². The molecule has 0 atom stereocenters. The zero-order valence-electron chi connectivity index (χ0n) is 8.64. The molecular weight excluding hydrogens is 224 g/mol. The number of aromatic nitrogens is 3. The Labute approximate surface area is 95.4 Å². The Morgan fingerprint density at radius 2 is 2.06 bits per heavy atom. The number of benzene rings is 1. The molecule has 84 valence electrons. The van der Waals surface area contributed by atoms with E-state index in [4.69, 9.17) is 0 Å². The third-order valence-electron chi connectivity index (χ3n) is 2.47. The molecule has 3 aromatic rings. The van der Waals surface area contributed by atoms with Gasteiger partial charge in [0.25, 0.3) is 0 Å². The smallest absolute Gasteiger partial charge is 0.155 e. The van der Waals surface area contributed by atoms with Crippen LogP contribution in [0.25, 0.3) is 16.9 Å². The number of hydrogen-bond acceptors (Lipinski definition) is 2. The molecule has 3 nitrogen and oxygen atoms in total. The van der Waals surface area contributed by atoms with Crippen molar-refractivity contribution < 1.29 is 8.78 Å². The number of imidazole rings is 1. The minimum absolute atomic E-state index is 0.147. The molecule has 1 aromatic carbocycles. The lowest BCUT2D eigenvalue weighted by molar-refractivity contribution is 0.603. The summed E-state index contributed by atoms with van der Waals surface area (Å²) in [5.74, 6) is -0.987. The average Bonchev–Trinajstić information content (AvgIpc) is 2.75. The van der Waals surface area contributed by atoms with E-state index in [1.807, 2.05) is 0 Å². The van der Waals surface area contributed by atoms with Crippen LogP contribution in [0.2, 0.25) is 0 Å². The van der Waals surface area contributed by atoms with Gasteiger partial charge in [-0.15, -0.1) is 0 Å². The van der Waals surface area contributed by atoms with Gasteiger partial charge < -0.3 is 4.40 Å². The van der Waals surface area contributed by atoms with Crippen LogP contribution in [0.5, 0.6) is 0 Å². The van der Waals surface area contributed by atoms with Gasteiger partial charge in [-0.2, -0.15) is 0 Å². The van der Waals surface area contributed by atoms with Gasteiger partial charge in [-0.05, 0) is 18.2 Å². The van der Waals surface area contributed by atoms with Crippen LogP contribution in [0.1, 0.15) is 0 Å². The maximum atomic E-state index is 13.6. The fraction of sp³-hybridized carbons (Fsp3) is 0. The Morgan fingerprint density at radius 3 is 2.88 bits per heavy atom. The van der Waals surface area contributed by atoms with Crippen LogP contribution in [0.3, 0.4) is 0 Å². The summed E-state index contributed by atoms with van der Waals surface area (Å²) in [6, 6.07) is 3.30. The molecule has 0 N–H and O–H groups in total. The van der Waals surface area contributed by atoms with Gasteiger partial charge in [0.1, 0.15) is 11.6 Å². The zero-order valence-corrected chi connectivity index (χ0v) is 8.64. The summed E-state index contributed by atoms with van der Waals surface area (Å²) in [5, 5.41) is 0. The number of nitrogens with zero attached hydrogens (tertiary/aromatic N) is 3. The molecule has 0 amide bonds. The summed E-state index contributed by atoms with van der Waals surface area (Å²) in [6.07, 6.45) is 6.49. The van der Waals surface area contributed by atoms with Crippen molar-refractivity contribution >= 4 is 5.65 Å². The van der Waals surface area contributed by atoms with E-state index in [1.54, 1.807) is 29.2 Å². The second kappa shape index (κ2) is 3.62. The molecule has 0 saturated heterocycles. The standard InChI is InChI=1S/C12H7F2N3/c13-8-1-2-10(14)9(5-8)11-7-17-4-3-15-6-12(17)16-11/h1-7H. The summed E-state index contributed by atoms with van der Waals surface area (Å²) >= 11 is 0. The first-order valence-electron chi connectivity index (χ1n) is 4.98. The van der Waals surface area contributed by atoms with Crippen LogP contribution in [-0.2, 0) is 0 Å². The Hall–Kier alpha value is -2.30. The summed E-state index contributed by atoms with van der Waals surface area (Å²) in [7, 11) is 0. The van der Waals surface area contributed by atoms with E-state index in [-0.39, 0.29) is 5.56 Å². The van der Waals surface area contributed by atoms with Crippen LogP contribution < -0.4 is 0 Å². The first kappa shape index (κ1) is 9.89. The predicted octanol–water partition coefficient (Wildman–Crippen LogP) is 2.67. The van der Waals surface area contributed by atoms with Crippen molar-refractivity contribution in [2.45, 2.75) is 0 Å². The lowest BCUT2D eigenvalue weighted by atomic mass is 10.1. The molecule has 0 bridgehead atoms. The minimum Gasteiger partial charge on any atom is -0.304 e. The van der Waals surface area contributed by atoms with E-state index in [0.717, 1.165) is 18.2 Å². The zero-order chi connectivity index (χ0) is 11.8. The molecule has 2 aromatic heterocycles. The Kier molecular flexibility index (Phi) is 2.11. The molecule has 0 aliphatic heterocycles. The summed E-state index contributed by atoms with van der Waals surface area (Å²) in [6.45, 7) is 0. The molecule has 2 heterocycles. The van der Waals surface area contributed by atoms with Gasteiger partial charge in [-0.3, -0.25) is 4.98 Å². The molecule has 0 aliphatic rings. The van der Waals surface area contributed by atoms with E-state index in [0.29, 0.717) is 11.3 Å². The lowest BCUT2D eigenvalue weighted by Crippen LogP contribution is -1.86. The van der Waals surface area contributed by atoms with Gasteiger partial charge >= 0.3 is 0 Å². The summed E-state index contributed by atoms with van der Waals surface area (Å²) in [4.78, 5) is 8.09. The molecule has 3 rings (SSSR count). The van der Waals surface area contributed by atoms with Gasteiger partial charge in [0.05, 0.1) is 11.9 Å². The first-order valence-corrected chi connectivity index (χ1v) is 4.98. The van der Waals surface area contributed by atoms with E-state index in [2.05, 4.69) is 9.97 Å². The van der Waals surface area contributed by atoms with Crippen molar-refractivity contribution in [1.29, 1.82) is 0 Å². The molecule has 0 fully saturated rings. The normalized spacial score (nSPS) is 10.9. The second-order valence-electron chi connectivity index (χ2n) is 3.59. The maximum absolute atomic E-state index is 13.6. The largest absolute Gasteiger partial charge is 0.304 e. The van der Waals surface area contributed by atoms with Crippen molar-refractivity contribution in [2.24, 2.45) is 0 Å². The summed E-state index contributed by atoms with van der Waals surface area (Å²) < 4.78 is 28.3. The summed E-state index contributed by atoms with van der Waals surface area (Å²) in [5.41, 5.74) is 1.12. The van der Waals surface area contributed by atoms with E-state index >= 15 is 0 Å². The van der Waals surface area contributed by atoms with Crippen molar-refractivity contribution in [3.05, 3.63) is 54.6 Å². The number of halogens is 2. The molecular formula is C12H7F2N3. The molecule has 0 radical (unpaired) electrons. The third kappa shape index (κ3) is 1.65. The molecule has 0 aliphatic carbocycles. The fourth-order valence-corrected chi connectivity index (χ4v) is 1.67. The van der Waals surface area contributed by atoms with Crippen LogP contribution in [-0.4, -0.2) is 14.4 Å². The van der Waals surface area contributed by atoms with E-state index in [1.165, 1.54) is 0 Å². The Morgan fingerprint density at radius 1 is 1.18 bits per heavy atom. The number of hydrogen-bond donors (Lipinski definition) is 0. The van der Waals surface area contributed by atoms with Gasteiger partial charge in [-0.25, -0.2) is 13.8 Å². The maximum Gasteiger partial charge on any atom is 0.155 e. The molecule has 0 saturated carbocycles. The monoisotopic (exact) mass is 231 g/mol. The highest BCUT2D eigenvalue weighted by molar-refractivity contribution is 5.62. The van der Waals surface area contributed by atoms with Crippen LogP contribution in [0.4, 0.5) is 8.78 Å². The van der Waals surface area contributed by atoms with Crippen LogP contribution >= 0.6 is 0 Å². The topological polar surface area (TPSA) is 30.2 Å². The highest BCUT2D eigenvalue weighted by Crippen LogP contribution is 2.22. The van der Waals surface area contributed by atoms with Crippen molar-refractivity contribution in [1.82, 2.24) is 14.4 Å². The Balaban J connectivity index is 2.23. The van der Waals surface area contributed by atoms with E-state index < -0.39 is 11.6 Å². The van der Waals surface area contributed by atoms with Gasteiger partial charge in [-0.1, -0.05) is 0 Å².